The molecule has 42 heavy (non-hydrogen) atoms. The molecule has 9 heteroatoms. The molecule has 0 aliphatic heterocycles. The molecule has 0 fully saturated rings. The number of aromatic nitrogens is 4. The van der Waals surface area contributed by atoms with Gasteiger partial charge in [-0.2, -0.15) is 15.5 Å². The minimum absolute atomic E-state index is 0.00722. The molecular weight excluding hydrogens is 548 g/mol. The Bertz CT molecular complexity index is 1940. The third-order valence-electron chi connectivity index (χ3n) is 6.56. The standard InChI is InChI=1S/C33H21ClN6O2/c34-23-16-18-25(19-17-23)39-21-28(30(37-39)33(42)36-24-12-6-2-7-13-24)32(41)29-27(20-35)31(22-10-4-1-5-11-22)40(38-29)26-14-8-3-9-15-26/h1-19,21H,(H,36,42). The number of hydrogen-bond donors (Lipinski definition) is 1. The molecule has 0 aliphatic carbocycles. The molecule has 0 atom stereocenters. The molecule has 1 amide bonds. The predicted octanol–water partition coefficient (Wildman–Crippen LogP) is 6.73. The lowest BCUT2D eigenvalue weighted by molar-refractivity contribution is 0.0991. The van der Waals surface area contributed by atoms with Gasteiger partial charge in [0, 0.05) is 22.5 Å². The number of nitrogens with one attached hydrogen (secondary N) is 1. The highest BCUT2D eigenvalue weighted by atomic mass is 35.5. The summed E-state index contributed by atoms with van der Waals surface area (Å²) in [5.74, 6) is -1.20. The largest absolute Gasteiger partial charge is 0.321 e. The molecule has 0 aliphatic rings. The first-order chi connectivity index (χ1) is 20.5. The Labute approximate surface area is 246 Å². The molecule has 0 spiro atoms. The summed E-state index contributed by atoms with van der Waals surface area (Å²) in [5, 5.41) is 22.8. The molecule has 6 rings (SSSR count). The maximum absolute atomic E-state index is 14.2. The topological polar surface area (TPSA) is 106 Å². The lowest BCUT2D eigenvalue weighted by Gasteiger charge is -2.07. The average Bonchev–Trinajstić information content (AvgIpc) is 3.65. The van der Waals surface area contributed by atoms with E-state index < -0.39 is 11.7 Å². The van der Waals surface area contributed by atoms with Crippen molar-refractivity contribution in [3.63, 3.8) is 0 Å². The first-order valence-electron chi connectivity index (χ1n) is 12.9. The van der Waals surface area contributed by atoms with Gasteiger partial charge in [0.1, 0.15) is 11.6 Å². The number of hydrogen-bond acceptors (Lipinski definition) is 5. The fourth-order valence-corrected chi connectivity index (χ4v) is 4.70. The van der Waals surface area contributed by atoms with Gasteiger partial charge in [0.25, 0.3) is 5.91 Å². The van der Waals surface area contributed by atoms with Crippen molar-refractivity contribution in [3.05, 3.63) is 149 Å². The van der Waals surface area contributed by atoms with Gasteiger partial charge in [0.2, 0.25) is 5.78 Å². The van der Waals surface area contributed by atoms with Crippen LogP contribution in [0.1, 0.15) is 32.1 Å². The minimum Gasteiger partial charge on any atom is -0.321 e. The number of carbonyl (C=O) groups excluding carboxylic acids is 2. The lowest BCUT2D eigenvalue weighted by atomic mass is 10.0. The van der Waals surface area contributed by atoms with Crippen LogP contribution in [0.5, 0.6) is 0 Å². The van der Waals surface area contributed by atoms with E-state index in [2.05, 4.69) is 21.6 Å². The van der Waals surface area contributed by atoms with Crippen LogP contribution < -0.4 is 5.32 Å². The Hall–Kier alpha value is -5.78. The van der Waals surface area contributed by atoms with Gasteiger partial charge in [0.15, 0.2) is 11.4 Å². The molecule has 1 N–H and O–H groups in total. The number of rotatable bonds is 7. The highest BCUT2D eigenvalue weighted by molar-refractivity contribution is 6.30. The van der Waals surface area contributed by atoms with Gasteiger partial charge in [-0.05, 0) is 48.5 Å². The Balaban J connectivity index is 1.52. The van der Waals surface area contributed by atoms with Crippen LogP contribution >= 0.6 is 11.6 Å². The number of halogens is 1. The van der Waals surface area contributed by atoms with Crippen molar-refractivity contribution in [3.8, 4) is 28.7 Å². The van der Waals surface area contributed by atoms with E-state index in [1.165, 1.54) is 10.9 Å². The zero-order valence-corrected chi connectivity index (χ0v) is 22.7. The van der Waals surface area contributed by atoms with Crippen molar-refractivity contribution >= 4 is 29.0 Å². The van der Waals surface area contributed by atoms with Gasteiger partial charge in [-0.3, -0.25) is 9.59 Å². The number of para-hydroxylation sites is 2. The summed E-state index contributed by atoms with van der Waals surface area (Å²) in [6.45, 7) is 0. The molecule has 0 unspecified atom stereocenters. The summed E-state index contributed by atoms with van der Waals surface area (Å²) in [5.41, 5.74) is 2.85. The van der Waals surface area contributed by atoms with E-state index in [4.69, 9.17) is 11.6 Å². The van der Waals surface area contributed by atoms with Crippen molar-refractivity contribution in [2.75, 3.05) is 5.32 Å². The summed E-state index contributed by atoms with van der Waals surface area (Å²) in [6.07, 6.45) is 1.47. The van der Waals surface area contributed by atoms with Gasteiger partial charge in [-0.1, -0.05) is 78.3 Å². The van der Waals surface area contributed by atoms with Crippen molar-refractivity contribution in [1.29, 1.82) is 5.26 Å². The van der Waals surface area contributed by atoms with E-state index in [0.29, 0.717) is 33.3 Å². The van der Waals surface area contributed by atoms with Gasteiger partial charge in [-0.15, -0.1) is 0 Å². The summed E-state index contributed by atoms with van der Waals surface area (Å²) in [4.78, 5) is 27.7. The highest BCUT2D eigenvalue weighted by Crippen LogP contribution is 2.31. The third kappa shape index (κ3) is 5.08. The van der Waals surface area contributed by atoms with E-state index in [1.54, 1.807) is 53.2 Å². The molecule has 2 heterocycles. The third-order valence-corrected chi connectivity index (χ3v) is 6.81. The Morgan fingerprint density at radius 1 is 0.738 bits per heavy atom. The molecule has 6 aromatic rings. The zero-order valence-electron chi connectivity index (χ0n) is 22.0. The maximum atomic E-state index is 14.2. The second kappa shape index (κ2) is 11.4. The van der Waals surface area contributed by atoms with Crippen LogP contribution in [0, 0.1) is 11.3 Å². The van der Waals surface area contributed by atoms with Gasteiger partial charge in [-0.25, -0.2) is 9.36 Å². The van der Waals surface area contributed by atoms with E-state index in [0.717, 1.165) is 0 Å². The number of nitriles is 1. The van der Waals surface area contributed by atoms with Crippen LogP contribution in [0.4, 0.5) is 5.69 Å². The number of nitrogens with zero attached hydrogens (tertiary/aromatic N) is 5. The van der Waals surface area contributed by atoms with Crippen molar-refractivity contribution < 1.29 is 9.59 Å². The summed E-state index contributed by atoms with van der Waals surface area (Å²) in [6, 6.07) is 36.4. The number of anilines is 1. The Kier molecular flexibility index (Phi) is 7.16. The van der Waals surface area contributed by atoms with Crippen molar-refractivity contribution in [2.45, 2.75) is 0 Å². The molecule has 202 valence electrons. The van der Waals surface area contributed by atoms with E-state index in [9.17, 15) is 14.9 Å². The summed E-state index contributed by atoms with van der Waals surface area (Å²) >= 11 is 6.07. The Morgan fingerprint density at radius 2 is 1.36 bits per heavy atom. The quantitative estimate of drug-likeness (QED) is 0.215. The summed E-state index contributed by atoms with van der Waals surface area (Å²) < 4.78 is 3.01. The first-order valence-corrected chi connectivity index (χ1v) is 13.3. The molecule has 0 radical (unpaired) electrons. The number of amides is 1. The smallest absolute Gasteiger partial charge is 0.276 e. The van der Waals surface area contributed by atoms with Gasteiger partial charge >= 0.3 is 0 Å². The number of benzene rings is 4. The lowest BCUT2D eigenvalue weighted by Crippen LogP contribution is -2.17. The van der Waals surface area contributed by atoms with Crippen LogP contribution in [0.3, 0.4) is 0 Å². The van der Waals surface area contributed by atoms with Crippen molar-refractivity contribution in [2.24, 2.45) is 0 Å². The average molecular weight is 569 g/mol. The molecule has 8 nitrogen and oxygen atoms in total. The molecule has 4 aromatic carbocycles. The fraction of sp³-hybridized carbons (Fsp3) is 0. The molecule has 0 saturated heterocycles. The van der Waals surface area contributed by atoms with Crippen LogP contribution in [-0.2, 0) is 0 Å². The molecular formula is C33H21ClN6O2. The molecule has 0 saturated carbocycles. The van der Waals surface area contributed by atoms with Gasteiger partial charge in [0.05, 0.1) is 22.6 Å². The van der Waals surface area contributed by atoms with Crippen LogP contribution in [0.25, 0.3) is 22.6 Å². The first kappa shape index (κ1) is 26.4. The highest BCUT2D eigenvalue weighted by Gasteiger charge is 2.30. The predicted molar refractivity (Wildman–Crippen MR) is 160 cm³/mol. The number of ketones is 1. The summed E-state index contributed by atoms with van der Waals surface area (Å²) in [7, 11) is 0. The number of carbonyl (C=O) groups is 2. The fourth-order valence-electron chi connectivity index (χ4n) is 4.57. The van der Waals surface area contributed by atoms with Crippen molar-refractivity contribution in [1.82, 2.24) is 19.6 Å². The monoisotopic (exact) mass is 568 g/mol. The van der Waals surface area contributed by atoms with Gasteiger partial charge < -0.3 is 5.32 Å². The maximum Gasteiger partial charge on any atom is 0.276 e. The minimum atomic E-state index is -0.614. The molecule has 0 bridgehead atoms. The second-order valence-corrected chi connectivity index (χ2v) is 9.70. The Morgan fingerprint density at radius 3 is 2.00 bits per heavy atom. The van der Waals surface area contributed by atoms with Crippen LogP contribution in [-0.4, -0.2) is 31.3 Å². The zero-order chi connectivity index (χ0) is 29.1. The van der Waals surface area contributed by atoms with Crippen LogP contribution in [0.2, 0.25) is 5.02 Å². The SMILES string of the molecule is N#Cc1c(C(=O)c2cn(-c3ccc(Cl)cc3)nc2C(=O)Nc2ccccc2)nn(-c2ccccc2)c1-c1ccccc1. The van der Waals surface area contributed by atoms with Crippen LogP contribution in [0.15, 0.2) is 121 Å². The van der Waals surface area contributed by atoms with E-state index in [1.807, 2.05) is 66.7 Å². The van der Waals surface area contributed by atoms with E-state index in [-0.39, 0.29) is 22.5 Å². The normalized spacial score (nSPS) is 10.7. The molecule has 2 aromatic heterocycles. The van der Waals surface area contributed by atoms with E-state index >= 15 is 0 Å². The second-order valence-electron chi connectivity index (χ2n) is 9.26.